The second-order valence-electron chi connectivity index (χ2n) is 9.22. The second-order valence-corrected chi connectivity index (χ2v) is 10.9. The molecule has 0 aliphatic carbocycles. The highest BCUT2D eigenvalue weighted by molar-refractivity contribution is 8.00. The van der Waals surface area contributed by atoms with Gasteiger partial charge in [0.05, 0.1) is 12.4 Å². The van der Waals surface area contributed by atoms with Crippen molar-refractivity contribution in [1.82, 2.24) is 10.2 Å². The maximum Gasteiger partial charge on any atom is 0.329 e. The molecule has 0 spiro atoms. The van der Waals surface area contributed by atoms with Gasteiger partial charge in [-0.3, -0.25) is 24.1 Å². The number of benzene rings is 2. The Morgan fingerprint density at radius 3 is 2.26 bits per heavy atom. The number of thioether (sulfide) groups is 1. The zero-order valence-corrected chi connectivity index (χ0v) is 23.3. The summed E-state index contributed by atoms with van der Waals surface area (Å²) in [6.07, 6.45) is -0.00351. The molecule has 3 rings (SSSR count). The van der Waals surface area contributed by atoms with E-state index in [-0.39, 0.29) is 42.9 Å². The molecular formula is C27H30ClN3O7S. The van der Waals surface area contributed by atoms with Gasteiger partial charge >= 0.3 is 5.97 Å². The number of likely N-dealkylation sites (tertiary alicyclic amines) is 1. The van der Waals surface area contributed by atoms with Gasteiger partial charge in [0, 0.05) is 41.4 Å². The number of esters is 1. The summed E-state index contributed by atoms with van der Waals surface area (Å²) in [6.45, 7) is 3.35. The first-order chi connectivity index (χ1) is 18.5. The van der Waals surface area contributed by atoms with Crippen LogP contribution in [0.3, 0.4) is 0 Å². The molecule has 1 heterocycles. The zero-order valence-electron chi connectivity index (χ0n) is 21.8. The van der Waals surface area contributed by atoms with Gasteiger partial charge in [0.15, 0.2) is 11.4 Å². The van der Waals surface area contributed by atoms with Gasteiger partial charge in [0.1, 0.15) is 11.8 Å². The summed E-state index contributed by atoms with van der Waals surface area (Å²) in [5.74, 6) is -1.84. The molecule has 2 unspecified atom stereocenters. The average Bonchev–Trinajstić information content (AvgIpc) is 3.18. The predicted molar refractivity (Wildman–Crippen MR) is 147 cm³/mol. The van der Waals surface area contributed by atoms with Crippen LogP contribution in [0, 0.1) is 0 Å². The van der Waals surface area contributed by atoms with Gasteiger partial charge in [-0.05, 0) is 62.4 Å². The van der Waals surface area contributed by atoms with Crippen LogP contribution in [0.1, 0.15) is 36.2 Å². The summed E-state index contributed by atoms with van der Waals surface area (Å²) in [7, 11) is 1.19. The van der Waals surface area contributed by atoms with Crippen LogP contribution in [-0.4, -0.2) is 77.2 Å². The van der Waals surface area contributed by atoms with Crippen LogP contribution in [0.25, 0.3) is 0 Å². The van der Waals surface area contributed by atoms with E-state index in [4.69, 9.17) is 26.8 Å². The lowest BCUT2D eigenvalue weighted by molar-refractivity contribution is -0.146. The third kappa shape index (κ3) is 7.59. The number of nitrogens with zero attached hydrogens (tertiary/aromatic N) is 1. The fourth-order valence-electron chi connectivity index (χ4n) is 3.79. The largest absolute Gasteiger partial charge is 0.478 e. The smallest absolute Gasteiger partial charge is 0.329 e. The molecule has 12 heteroatoms. The van der Waals surface area contributed by atoms with Gasteiger partial charge in [-0.25, -0.2) is 4.79 Å². The number of imide groups is 1. The lowest BCUT2D eigenvalue weighted by Crippen LogP contribution is -2.53. The maximum atomic E-state index is 13.1. The summed E-state index contributed by atoms with van der Waals surface area (Å²) in [5.41, 5.74) is 4.97. The number of nitrogens with one attached hydrogen (secondary N) is 1. The van der Waals surface area contributed by atoms with Crippen LogP contribution in [0.4, 0.5) is 0 Å². The Balaban J connectivity index is 1.62. The van der Waals surface area contributed by atoms with E-state index in [0.29, 0.717) is 21.9 Å². The second kappa shape index (κ2) is 13.1. The number of halogens is 1. The molecule has 2 atom stereocenters. The van der Waals surface area contributed by atoms with Crippen molar-refractivity contribution in [2.45, 2.75) is 37.2 Å². The van der Waals surface area contributed by atoms with E-state index in [1.54, 1.807) is 48.5 Å². The van der Waals surface area contributed by atoms with Crippen molar-refractivity contribution in [3.05, 3.63) is 64.7 Å². The first kappa shape index (κ1) is 30.1. The Morgan fingerprint density at radius 2 is 1.69 bits per heavy atom. The molecule has 0 radical (unpaired) electrons. The summed E-state index contributed by atoms with van der Waals surface area (Å²) < 4.78 is 10.7. The third-order valence-electron chi connectivity index (χ3n) is 5.95. The van der Waals surface area contributed by atoms with Crippen molar-refractivity contribution < 1.29 is 33.4 Å². The van der Waals surface area contributed by atoms with Crippen molar-refractivity contribution in [2.75, 3.05) is 26.0 Å². The van der Waals surface area contributed by atoms with Crippen LogP contribution in [0.2, 0.25) is 5.02 Å². The highest BCUT2D eigenvalue weighted by Gasteiger charge is 2.40. The summed E-state index contributed by atoms with van der Waals surface area (Å²) in [6, 6.07) is 11.8. The Hall–Kier alpha value is -3.41. The maximum absolute atomic E-state index is 13.1. The molecule has 3 amide bonds. The van der Waals surface area contributed by atoms with E-state index in [0.717, 1.165) is 16.7 Å². The van der Waals surface area contributed by atoms with Crippen molar-refractivity contribution in [3.63, 3.8) is 0 Å². The van der Waals surface area contributed by atoms with Gasteiger partial charge in [-0.1, -0.05) is 11.6 Å². The van der Waals surface area contributed by atoms with E-state index in [1.807, 2.05) is 0 Å². The summed E-state index contributed by atoms with van der Waals surface area (Å²) >= 11 is 6.97. The molecule has 2 aromatic carbocycles. The van der Waals surface area contributed by atoms with Crippen LogP contribution in [-0.2, 0) is 23.9 Å². The lowest BCUT2D eigenvalue weighted by Gasteiger charge is -2.27. The van der Waals surface area contributed by atoms with Crippen molar-refractivity contribution >= 4 is 52.8 Å². The Labute approximate surface area is 235 Å². The lowest BCUT2D eigenvalue weighted by atomic mass is 10.0. The zero-order chi connectivity index (χ0) is 28.7. The molecule has 39 heavy (non-hydrogen) atoms. The highest BCUT2D eigenvalue weighted by atomic mass is 35.5. The Kier molecular flexibility index (Phi) is 10.1. The molecule has 2 aromatic rings. The topological polar surface area (TPSA) is 145 Å². The molecule has 208 valence electrons. The SMILES string of the molecule is COC(=O)C(CSC1CC(=O)N(CCN)C1=O)NC(=O)C(C)(C)Oc1ccc(C(=O)c2ccc(Cl)cc2)cc1. The fraction of sp³-hybridized carbons (Fsp3) is 0.370. The standard InChI is InChI=1S/C27H30ClN3O7S/c1-27(2,38-19-10-6-17(7-11-19)23(33)16-4-8-18(28)9-5-16)26(36)30-20(25(35)37-3)15-39-21-14-22(32)31(13-12-29)24(21)34/h4-11,20-21H,12-15,29H2,1-3H3,(H,30,36). The average molecular weight is 576 g/mol. The number of methoxy groups -OCH3 is 1. The quantitative estimate of drug-likeness (QED) is 0.221. The van der Waals surface area contributed by atoms with Crippen LogP contribution < -0.4 is 15.8 Å². The number of carbonyl (C=O) groups is 5. The van der Waals surface area contributed by atoms with E-state index in [1.165, 1.54) is 21.0 Å². The Morgan fingerprint density at radius 1 is 1.10 bits per heavy atom. The Bertz CT molecular complexity index is 1230. The molecule has 3 N–H and O–H groups in total. The molecule has 10 nitrogen and oxygen atoms in total. The number of carbonyl (C=O) groups excluding carboxylic acids is 5. The minimum absolute atomic E-state index is 0.00351. The first-order valence-electron chi connectivity index (χ1n) is 12.1. The van der Waals surface area contributed by atoms with E-state index in [9.17, 15) is 24.0 Å². The minimum Gasteiger partial charge on any atom is -0.478 e. The number of nitrogens with two attached hydrogens (primary N) is 1. The molecular weight excluding hydrogens is 546 g/mol. The number of ketones is 1. The fourth-order valence-corrected chi connectivity index (χ4v) is 5.09. The van der Waals surface area contributed by atoms with Gasteiger partial charge < -0.3 is 20.5 Å². The van der Waals surface area contributed by atoms with Crippen LogP contribution in [0.15, 0.2) is 48.5 Å². The van der Waals surface area contributed by atoms with Gasteiger partial charge in [0.2, 0.25) is 11.8 Å². The van der Waals surface area contributed by atoms with Gasteiger partial charge in [-0.2, -0.15) is 0 Å². The molecule has 0 saturated carbocycles. The van der Waals surface area contributed by atoms with Crippen molar-refractivity contribution in [1.29, 1.82) is 0 Å². The molecule has 1 fully saturated rings. The molecule has 1 saturated heterocycles. The van der Waals surface area contributed by atoms with E-state index in [2.05, 4.69) is 5.32 Å². The molecule has 0 bridgehead atoms. The number of hydrogen-bond acceptors (Lipinski definition) is 9. The minimum atomic E-state index is -1.41. The van der Waals surface area contributed by atoms with E-state index < -0.39 is 28.8 Å². The number of ether oxygens (including phenoxy) is 2. The molecule has 0 aromatic heterocycles. The van der Waals surface area contributed by atoms with Gasteiger partial charge in [-0.15, -0.1) is 11.8 Å². The van der Waals surface area contributed by atoms with Gasteiger partial charge in [0.25, 0.3) is 5.91 Å². The molecule has 1 aliphatic rings. The monoisotopic (exact) mass is 575 g/mol. The van der Waals surface area contributed by atoms with Crippen molar-refractivity contribution in [3.8, 4) is 5.75 Å². The highest BCUT2D eigenvalue weighted by Crippen LogP contribution is 2.26. The van der Waals surface area contributed by atoms with Crippen LogP contribution in [0.5, 0.6) is 5.75 Å². The van der Waals surface area contributed by atoms with E-state index >= 15 is 0 Å². The normalized spacial score (nSPS) is 16.1. The number of hydrogen-bond donors (Lipinski definition) is 2. The summed E-state index contributed by atoms with van der Waals surface area (Å²) in [4.78, 5) is 63.8. The third-order valence-corrected chi connectivity index (χ3v) is 7.50. The van der Waals surface area contributed by atoms with Crippen molar-refractivity contribution in [2.24, 2.45) is 5.73 Å². The van der Waals surface area contributed by atoms with Crippen LogP contribution >= 0.6 is 23.4 Å². The summed E-state index contributed by atoms with van der Waals surface area (Å²) in [5, 5.41) is 2.47. The molecule has 1 aliphatic heterocycles. The number of rotatable bonds is 12. The predicted octanol–water partition coefficient (Wildman–Crippen LogP) is 2.21. The number of amides is 3. The first-order valence-corrected chi connectivity index (χ1v) is 13.5.